The van der Waals surface area contributed by atoms with Crippen LogP contribution in [0.3, 0.4) is 0 Å². The van der Waals surface area contributed by atoms with E-state index in [-0.39, 0.29) is 5.91 Å². The van der Waals surface area contributed by atoms with E-state index in [9.17, 15) is 4.79 Å². The van der Waals surface area contributed by atoms with E-state index in [1.54, 1.807) is 18.5 Å². The third-order valence-electron chi connectivity index (χ3n) is 3.82. The maximum atomic E-state index is 12.0. The molecule has 7 nitrogen and oxygen atoms in total. The van der Waals surface area contributed by atoms with Crippen LogP contribution in [0.25, 0.3) is 11.1 Å². The lowest BCUT2D eigenvalue weighted by Gasteiger charge is -2.06. The third-order valence-corrected chi connectivity index (χ3v) is 3.82. The molecule has 2 heterocycles. The lowest BCUT2D eigenvalue weighted by molar-refractivity contribution is -0.115. The first-order valence-electron chi connectivity index (χ1n) is 7.99. The molecule has 1 amide bonds. The SMILES string of the molecule is O=C(CCNc1ncccn1)Nc1ccc2oc(C3CC3)nc2c1. The molecule has 0 saturated heterocycles. The minimum atomic E-state index is -0.0799. The van der Waals surface area contributed by atoms with Crippen LogP contribution in [0.5, 0.6) is 0 Å². The van der Waals surface area contributed by atoms with Crippen LogP contribution in [-0.2, 0) is 4.79 Å². The van der Waals surface area contributed by atoms with Crippen LogP contribution in [0, 0.1) is 0 Å². The monoisotopic (exact) mass is 323 g/mol. The number of rotatable bonds is 6. The molecule has 4 rings (SSSR count). The smallest absolute Gasteiger partial charge is 0.226 e. The minimum Gasteiger partial charge on any atom is -0.440 e. The number of anilines is 2. The highest BCUT2D eigenvalue weighted by molar-refractivity contribution is 5.93. The number of amides is 1. The number of carbonyl (C=O) groups is 1. The first kappa shape index (κ1) is 14.6. The van der Waals surface area contributed by atoms with E-state index < -0.39 is 0 Å². The van der Waals surface area contributed by atoms with Gasteiger partial charge in [-0.05, 0) is 37.1 Å². The molecule has 122 valence electrons. The van der Waals surface area contributed by atoms with E-state index in [0.29, 0.717) is 24.8 Å². The molecule has 1 aliphatic rings. The van der Waals surface area contributed by atoms with Crippen molar-refractivity contribution in [2.24, 2.45) is 0 Å². The molecule has 0 atom stereocenters. The number of benzene rings is 1. The summed E-state index contributed by atoms with van der Waals surface area (Å²) in [7, 11) is 0. The van der Waals surface area contributed by atoms with Gasteiger partial charge in [0.2, 0.25) is 11.9 Å². The molecule has 0 bridgehead atoms. The van der Waals surface area contributed by atoms with Crippen molar-refractivity contribution in [1.82, 2.24) is 15.0 Å². The largest absolute Gasteiger partial charge is 0.440 e. The molecular formula is C17H17N5O2. The molecule has 0 aliphatic heterocycles. The van der Waals surface area contributed by atoms with E-state index in [1.807, 2.05) is 18.2 Å². The number of carbonyl (C=O) groups excluding carboxylic acids is 1. The second-order valence-corrected chi connectivity index (χ2v) is 5.81. The highest BCUT2D eigenvalue weighted by Crippen LogP contribution is 2.40. The van der Waals surface area contributed by atoms with Gasteiger partial charge in [0, 0.05) is 37.0 Å². The van der Waals surface area contributed by atoms with Gasteiger partial charge in [-0.1, -0.05) is 0 Å². The summed E-state index contributed by atoms with van der Waals surface area (Å²) in [6, 6.07) is 7.26. The highest BCUT2D eigenvalue weighted by Gasteiger charge is 2.28. The molecule has 24 heavy (non-hydrogen) atoms. The van der Waals surface area contributed by atoms with Gasteiger partial charge in [0.15, 0.2) is 11.5 Å². The zero-order valence-corrected chi connectivity index (χ0v) is 13.0. The van der Waals surface area contributed by atoms with Crippen molar-refractivity contribution in [3.8, 4) is 0 Å². The topological polar surface area (TPSA) is 92.9 Å². The molecule has 2 aromatic heterocycles. The van der Waals surface area contributed by atoms with Gasteiger partial charge in [-0.2, -0.15) is 0 Å². The average molecular weight is 323 g/mol. The van der Waals surface area contributed by atoms with Crippen molar-refractivity contribution in [3.63, 3.8) is 0 Å². The fraction of sp³-hybridized carbons (Fsp3) is 0.294. The van der Waals surface area contributed by atoms with Gasteiger partial charge in [-0.25, -0.2) is 15.0 Å². The third kappa shape index (κ3) is 3.34. The molecule has 1 aromatic carbocycles. The number of oxazole rings is 1. The Morgan fingerprint density at radius 2 is 2.08 bits per heavy atom. The molecule has 1 saturated carbocycles. The summed E-state index contributed by atoms with van der Waals surface area (Å²) in [5, 5.41) is 5.88. The normalized spacial score (nSPS) is 13.8. The number of fused-ring (bicyclic) bond motifs is 1. The zero-order chi connectivity index (χ0) is 16.4. The van der Waals surface area contributed by atoms with Gasteiger partial charge >= 0.3 is 0 Å². The van der Waals surface area contributed by atoms with Crippen LogP contribution in [0.4, 0.5) is 11.6 Å². The Morgan fingerprint density at radius 1 is 1.25 bits per heavy atom. The van der Waals surface area contributed by atoms with Gasteiger partial charge in [0.25, 0.3) is 0 Å². The molecule has 1 aliphatic carbocycles. The number of hydrogen-bond acceptors (Lipinski definition) is 6. The van der Waals surface area contributed by atoms with E-state index in [2.05, 4.69) is 25.6 Å². The zero-order valence-electron chi connectivity index (χ0n) is 13.0. The van der Waals surface area contributed by atoms with E-state index in [1.165, 1.54) is 0 Å². The van der Waals surface area contributed by atoms with E-state index in [4.69, 9.17) is 4.42 Å². The van der Waals surface area contributed by atoms with Crippen molar-refractivity contribution < 1.29 is 9.21 Å². The Balaban J connectivity index is 1.34. The van der Waals surface area contributed by atoms with Crippen LogP contribution in [0.2, 0.25) is 0 Å². The fourth-order valence-corrected chi connectivity index (χ4v) is 2.43. The molecular weight excluding hydrogens is 306 g/mol. The summed E-state index contributed by atoms with van der Waals surface area (Å²) in [6.45, 7) is 0.466. The highest BCUT2D eigenvalue weighted by atomic mass is 16.3. The van der Waals surface area contributed by atoms with Gasteiger partial charge in [-0.3, -0.25) is 4.79 Å². The summed E-state index contributed by atoms with van der Waals surface area (Å²) in [4.78, 5) is 24.6. The van der Waals surface area contributed by atoms with Gasteiger partial charge in [0.1, 0.15) is 5.52 Å². The predicted octanol–water partition coefficient (Wildman–Crippen LogP) is 2.94. The van der Waals surface area contributed by atoms with Crippen LogP contribution in [-0.4, -0.2) is 27.4 Å². The quantitative estimate of drug-likeness (QED) is 0.724. The Hall–Kier alpha value is -2.96. The number of nitrogens with zero attached hydrogens (tertiary/aromatic N) is 3. The Bertz CT molecular complexity index is 858. The molecule has 0 spiro atoms. The number of hydrogen-bond donors (Lipinski definition) is 2. The van der Waals surface area contributed by atoms with Crippen molar-refractivity contribution >= 4 is 28.6 Å². The number of aromatic nitrogens is 3. The van der Waals surface area contributed by atoms with Gasteiger partial charge < -0.3 is 15.1 Å². The standard InChI is InChI=1S/C17H17N5O2/c23-15(6-9-20-17-18-7-1-8-19-17)21-12-4-5-14-13(10-12)22-16(24-14)11-2-3-11/h1,4-5,7-8,10-11H,2-3,6,9H2,(H,21,23)(H,18,19,20). The fourth-order valence-electron chi connectivity index (χ4n) is 2.43. The summed E-state index contributed by atoms with van der Waals surface area (Å²) in [5.74, 6) is 1.72. The number of nitrogens with one attached hydrogen (secondary N) is 2. The lowest BCUT2D eigenvalue weighted by atomic mass is 10.2. The summed E-state index contributed by atoms with van der Waals surface area (Å²) >= 11 is 0. The van der Waals surface area contributed by atoms with Crippen molar-refractivity contribution in [3.05, 3.63) is 42.5 Å². The first-order valence-corrected chi connectivity index (χ1v) is 7.99. The Labute approximate surface area is 138 Å². The van der Waals surface area contributed by atoms with E-state index in [0.717, 1.165) is 35.5 Å². The molecule has 1 fully saturated rings. The van der Waals surface area contributed by atoms with Crippen LogP contribution in [0.15, 0.2) is 41.1 Å². The Kier molecular flexibility index (Phi) is 3.82. The van der Waals surface area contributed by atoms with Gasteiger partial charge in [-0.15, -0.1) is 0 Å². The average Bonchev–Trinajstić information content (AvgIpc) is 3.35. The molecule has 7 heteroatoms. The lowest BCUT2D eigenvalue weighted by Crippen LogP contribution is -2.16. The predicted molar refractivity (Wildman–Crippen MR) is 89.8 cm³/mol. The van der Waals surface area contributed by atoms with Crippen molar-refractivity contribution in [1.29, 1.82) is 0 Å². The summed E-state index contributed by atoms with van der Waals surface area (Å²) in [6.07, 6.45) is 5.92. The first-order chi connectivity index (χ1) is 11.8. The maximum absolute atomic E-state index is 12.0. The van der Waals surface area contributed by atoms with Crippen molar-refractivity contribution in [2.45, 2.75) is 25.2 Å². The summed E-state index contributed by atoms with van der Waals surface area (Å²) < 4.78 is 5.72. The molecule has 0 unspecified atom stereocenters. The van der Waals surface area contributed by atoms with Crippen LogP contribution in [0.1, 0.15) is 31.1 Å². The van der Waals surface area contributed by atoms with Crippen LogP contribution < -0.4 is 10.6 Å². The Morgan fingerprint density at radius 3 is 2.88 bits per heavy atom. The maximum Gasteiger partial charge on any atom is 0.226 e. The summed E-state index contributed by atoms with van der Waals surface area (Å²) in [5.41, 5.74) is 2.27. The molecule has 3 aromatic rings. The van der Waals surface area contributed by atoms with Crippen molar-refractivity contribution in [2.75, 3.05) is 17.2 Å². The molecule has 0 radical (unpaired) electrons. The molecule has 2 N–H and O–H groups in total. The minimum absolute atomic E-state index is 0.0799. The van der Waals surface area contributed by atoms with Crippen LogP contribution >= 0.6 is 0 Å². The van der Waals surface area contributed by atoms with Gasteiger partial charge in [0.05, 0.1) is 0 Å². The second-order valence-electron chi connectivity index (χ2n) is 5.81. The second kappa shape index (κ2) is 6.27. The van der Waals surface area contributed by atoms with E-state index >= 15 is 0 Å².